The maximum Gasteiger partial charge on any atom is 0.127 e. The van der Waals surface area contributed by atoms with Crippen LogP contribution in [0.2, 0.25) is 0 Å². The standard InChI is InChI=1S/C16H19NO2/c1-11-6-7-14(16(19-3)12(11)2)15(18)9-13-5-4-8-17-10-13/h4-8,10,15,18H,9H2,1-3H3. The van der Waals surface area contributed by atoms with Gasteiger partial charge in [-0.05, 0) is 36.6 Å². The quantitative estimate of drug-likeness (QED) is 0.915. The molecule has 100 valence electrons. The predicted molar refractivity (Wildman–Crippen MR) is 75.4 cm³/mol. The molecule has 0 bridgehead atoms. The number of aliphatic hydroxyl groups is 1. The van der Waals surface area contributed by atoms with Crippen molar-refractivity contribution in [2.75, 3.05) is 7.11 Å². The Hall–Kier alpha value is -1.87. The molecule has 1 aromatic carbocycles. The molecular formula is C16H19NO2. The highest BCUT2D eigenvalue weighted by atomic mass is 16.5. The topological polar surface area (TPSA) is 42.4 Å². The second kappa shape index (κ2) is 5.85. The van der Waals surface area contributed by atoms with Crippen molar-refractivity contribution in [2.24, 2.45) is 0 Å². The lowest BCUT2D eigenvalue weighted by Gasteiger charge is -2.18. The first-order chi connectivity index (χ1) is 9.13. The third-order valence-electron chi connectivity index (χ3n) is 3.42. The van der Waals surface area contributed by atoms with Crippen LogP contribution in [-0.2, 0) is 6.42 Å². The van der Waals surface area contributed by atoms with E-state index in [9.17, 15) is 5.11 Å². The van der Waals surface area contributed by atoms with Crippen molar-refractivity contribution in [1.29, 1.82) is 0 Å². The molecule has 1 N–H and O–H groups in total. The Morgan fingerprint density at radius 1 is 1.26 bits per heavy atom. The summed E-state index contributed by atoms with van der Waals surface area (Å²) in [7, 11) is 1.64. The third-order valence-corrected chi connectivity index (χ3v) is 3.42. The number of nitrogens with zero attached hydrogens (tertiary/aromatic N) is 1. The highest BCUT2D eigenvalue weighted by molar-refractivity contribution is 5.46. The van der Waals surface area contributed by atoms with Crippen molar-refractivity contribution in [1.82, 2.24) is 4.98 Å². The van der Waals surface area contributed by atoms with Crippen LogP contribution in [-0.4, -0.2) is 17.2 Å². The van der Waals surface area contributed by atoms with E-state index >= 15 is 0 Å². The molecule has 0 saturated carbocycles. The molecule has 1 aromatic heterocycles. The lowest BCUT2D eigenvalue weighted by Crippen LogP contribution is -2.06. The number of rotatable bonds is 4. The van der Waals surface area contributed by atoms with E-state index in [-0.39, 0.29) is 0 Å². The number of benzene rings is 1. The highest BCUT2D eigenvalue weighted by Gasteiger charge is 2.16. The summed E-state index contributed by atoms with van der Waals surface area (Å²) in [5.74, 6) is 0.774. The Kier molecular flexibility index (Phi) is 4.17. The van der Waals surface area contributed by atoms with Crippen molar-refractivity contribution < 1.29 is 9.84 Å². The fourth-order valence-electron chi connectivity index (χ4n) is 2.20. The van der Waals surface area contributed by atoms with Gasteiger partial charge in [-0.25, -0.2) is 0 Å². The second-order valence-corrected chi connectivity index (χ2v) is 4.71. The Morgan fingerprint density at radius 3 is 2.68 bits per heavy atom. The van der Waals surface area contributed by atoms with Crippen LogP contribution < -0.4 is 4.74 Å². The third kappa shape index (κ3) is 2.93. The summed E-state index contributed by atoms with van der Waals surface area (Å²) < 4.78 is 5.44. The molecule has 0 aliphatic carbocycles. The largest absolute Gasteiger partial charge is 0.496 e. The van der Waals surface area contributed by atoms with Gasteiger partial charge in [0.2, 0.25) is 0 Å². The first-order valence-electron chi connectivity index (χ1n) is 6.34. The first kappa shape index (κ1) is 13.6. The van der Waals surface area contributed by atoms with Crippen molar-refractivity contribution in [3.8, 4) is 5.75 Å². The number of hydrogen-bond acceptors (Lipinski definition) is 3. The van der Waals surface area contributed by atoms with Gasteiger partial charge in [0, 0.05) is 24.4 Å². The minimum absolute atomic E-state index is 0.534. The summed E-state index contributed by atoms with van der Waals surface area (Å²) in [5.41, 5.74) is 4.07. The number of pyridine rings is 1. The van der Waals surface area contributed by atoms with Crippen LogP contribution in [0.25, 0.3) is 0 Å². The monoisotopic (exact) mass is 257 g/mol. The summed E-state index contributed by atoms with van der Waals surface area (Å²) in [4.78, 5) is 4.06. The lowest BCUT2D eigenvalue weighted by atomic mass is 9.97. The van der Waals surface area contributed by atoms with E-state index in [2.05, 4.69) is 4.98 Å². The Morgan fingerprint density at radius 2 is 2.05 bits per heavy atom. The van der Waals surface area contributed by atoms with Crippen LogP contribution in [0, 0.1) is 13.8 Å². The van der Waals surface area contributed by atoms with Crippen molar-refractivity contribution in [2.45, 2.75) is 26.4 Å². The van der Waals surface area contributed by atoms with Gasteiger partial charge in [0.1, 0.15) is 5.75 Å². The molecule has 2 rings (SSSR count). The van der Waals surface area contributed by atoms with Gasteiger partial charge in [0.25, 0.3) is 0 Å². The van der Waals surface area contributed by atoms with Gasteiger partial charge in [-0.3, -0.25) is 4.98 Å². The Bertz CT molecular complexity index is 552. The number of aryl methyl sites for hydroxylation is 1. The minimum atomic E-state index is -0.585. The number of methoxy groups -OCH3 is 1. The summed E-state index contributed by atoms with van der Waals surface area (Å²) in [6, 6.07) is 7.78. The molecule has 19 heavy (non-hydrogen) atoms. The molecule has 1 heterocycles. The lowest BCUT2D eigenvalue weighted by molar-refractivity contribution is 0.173. The number of aromatic nitrogens is 1. The number of hydrogen-bond donors (Lipinski definition) is 1. The minimum Gasteiger partial charge on any atom is -0.496 e. The Balaban J connectivity index is 2.29. The molecule has 0 saturated heterocycles. The normalized spacial score (nSPS) is 12.2. The van der Waals surface area contributed by atoms with Gasteiger partial charge < -0.3 is 9.84 Å². The number of ether oxygens (including phenoxy) is 1. The van der Waals surface area contributed by atoms with E-state index < -0.39 is 6.10 Å². The molecule has 0 aliphatic rings. The second-order valence-electron chi connectivity index (χ2n) is 4.71. The first-order valence-corrected chi connectivity index (χ1v) is 6.34. The zero-order valence-electron chi connectivity index (χ0n) is 11.6. The highest BCUT2D eigenvalue weighted by Crippen LogP contribution is 2.32. The summed E-state index contributed by atoms with van der Waals surface area (Å²) in [6.07, 6.45) is 3.45. The Labute approximate surface area is 113 Å². The predicted octanol–water partition coefficient (Wildman–Crippen LogP) is 2.98. The molecule has 1 unspecified atom stereocenters. The number of aliphatic hydroxyl groups excluding tert-OH is 1. The van der Waals surface area contributed by atoms with Crippen LogP contribution in [0.1, 0.15) is 28.4 Å². The van der Waals surface area contributed by atoms with E-state index in [1.807, 2.05) is 38.1 Å². The maximum atomic E-state index is 10.4. The van der Waals surface area contributed by atoms with Gasteiger partial charge in [-0.15, -0.1) is 0 Å². The smallest absolute Gasteiger partial charge is 0.127 e. The fraction of sp³-hybridized carbons (Fsp3) is 0.312. The zero-order chi connectivity index (χ0) is 13.8. The van der Waals surface area contributed by atoms with E-state index in [0.717, 1.165) is 28.0 Å². The molecule has 0 spiro atoms. The van der Waals surface area contributed by atoms with Crippen molar-refractivity contribution >= 4 is 0 Å². The fourth-order valence-corrected chi connectivity index (χ4v) is 2.20. The summed E-state index contributed by atoms with van der Waals surface area (Å²) in [5, 5.41) is 10.4. The van der Waals surface area contributed by atoms with Crippen molar-refractivity contribution in [3.63, 3.8) is 0 Å². The SMILES string of the molecule is COc1c(C(O)Cc2cccnc2)ccc(C)c1C. The molecule has 1 atom stereocenters. The van der Waals surface area contributed by atoms with Gasteiger partial charge >= 0.3 is 0 Å². The van der Waals surface area contributed by atoms with Crippen LogP contribution in [0.3, 0.4) is 0 Å². The van der Waals surface area contributed by atoms with E-state index in [4.69, 9.17) is 4.74 Å². The molecule has 0 radical (unpaired) electrons. The van der Waals surface area contributed by atoms with E-state index in [0.29, 0.717) is 6.42 Å². The average molecular weight is 257 g/mol. The van der Waals surface area contributed by atoms with Gasteiger partial charge in [0.05, 0.1) is 13.2 Å². The summed E-state index contributed by atoms with van der Waals surface area (Å²) >= 11 is 0. The average Bonchev–Trinajstić information content (AvgIpc) is 2.42. The molecule has 2 aromatic rings. The van der Waals surface area contributed by atoms with Crippen molar-refractivity contribution in [3.05, 3.63) is 58.9 Å². The molecule has 0 amide bonds. The molecular weight excluding hydrogens is 238 g/mol. The molecule has 3 heteroatoms. The van der Waals surface area contributed by atoms with Gasteiger partial charge in [0.15, 0.2) is 0 Å². The van der Waals surface area contributed by atoms with Crippen LogP contribution in [0.15, 0.2) is 36.7 Å². The maximum absolute atomic E-state index is 10.4. The van der Waals surface area contributed by atoms with Gasteiger partial charge in [-0.2, -0.15) is 0 Å². The van der Waals surface area contributed by atoms with Crippen LogP contribution in [0.4, 0.5) is 0 Å². The van der Waals surface area contributed by atoms with Crippen LogP contribution in [0.5, 0.6) is 5.75 Å². The molecule has 0 aliphatic heterocycles. The molecule has 0 fully saturated rings. The van der Waals surface area contributed by atoms with E-state index in [1.54, 1.807) is 19.5 Å². The van der Waals surface area contributed by atoms with Crippen LogP contribution >= 0.6 is 0 Å². The molecule has 3 nitrogen and oxygen atoms in total. The van der Waals surface area contributed by atoms with E-state index in [1.165, 1.54) is 0 Å². The summed E-state index contributed by atoms with van der Waals surface area (Å²) in [6.45, 7) is 4.05. The van der Waals surface area contributed by atoms with Gasteiger partial charge in [-0.1, -0.05) is 18.2 Å². The zero-order valence-corrected chi connectivity index (χ0v) is 11.6.